The van der Waals surface area contributed by atoms with E-state index in [1.165, 1.54) is 29.4 Å². The Morgan fingerprint density at radius 3 is 2.54 bits per heavy atom. The van der Waals surface area contributed by atoms with Gasteiger partial charge in [0.05, 0.1) is 17.7 Å². The van der Waals surface area contributed by atoms with Crippen molar-refractivity contribution in [3.8, 4) is 5.75 Å². The van der Waals surface area contributed by atoms with E-state index in [0.717, 1.165) is 5.56 Å². The van der Waals surface area contributed by atoms with Crippen LogP contribution in [0, 0.1) is 10.1 Å². The Labute approximate surface area is 166 Å². The minimum Gasteiger partial charge on any atom is -0.477 e. The van der Waals surface area contributed by atoms with Crippen LogP contribution in [0.25, 0.3) is 0 Å². The van der Waals surface area contributed by atoms with E-state index < -0.39 is 4.92 Å². The molecular formula is C20H17ClN2O5. The smallest absolute Gasteiger partial charge is 0.310 e. The molecule has 0 bridgehead atoms. The van der Waals surface area contributed by atoms with Crippen LogP contribution in [0.2, 0.25) is 5.02 Å². The molecule has 0 aliphatic heterocycles. The standard InChI is InChI=1S/C20H17ClN2O5/c21-17-8-2-1-6-15(17)12-22(13-16-7-5-11-27-16)20(24)14-28-19-10-4-3-9-18(19)23(25)26/h1-11H,12-14H2. The molecule has 0 unspecified atom stereocenters. The van der Waals surface area contributed by atoms with Crippen molar-refractivity contribution in [2.24, 2.45) is 0 Å². The largest absolute Gasteiger partial charge is 0.477 e. The van der Waals surface area contributed by atoms with E-state index in [1.54, 1.807) is 24.3 Å². The topological polar surface area (TPSA) is 85.8 Å². The molecule has 0 fully saturated rings. The zero-order valence-electron chi connectivity index (χ0n) is 14.8. The van der Waals surface area contributed by atoms with Crippen molar-refractivity contribution in [2.45, 2.75) is 13.1 Å². The van der Waals surface area contributed by atoms with E-state index in [2.05, 4.69) is 0 Å². The van der Waals surface area contributed by atoms with Crippen molar-refractivity contribution in [1.82, 2.24) is 4.90 Å². The molecule has 0 atom stereocenters. The van der Waals surface area contributed by atoms with Crippen LogP contribution in [0.3, 0.4) is 0 Å². The molecule has 0 aliphatic carbocycles. The first-order valence-electron chi connectivity index (χ1n) is 8.44. The molecule has 28 heavy (non-hydrogen) atoms. The summed E-state index contributed by atoms with van der Waals surface area (Å²) in [5.41, 5.74) is 0.578. The molecule has 0 aliphatic rings. The summed E-state index contributed by atoms with van der Waals surface area (Å²) in [6, 6.07) is 16.6. The predicted molar refractivity (Wildman–Crippen MR) is 103 cm³/mol. The molecule has 0 spiro atoms. The first-order valence-corrected chi connectivity index (χ1v) is 8.82. The fraction of sp³-hybridized carbons (Fsp3) is 0.150. The second-order valence-corrected chi connectivity index (χ2v) is 6.34. The van der Waals surface area contributed by atoms with Gasteiger partial charge in [-0.3, -0.25) is 14.9 Å². The second-order valence-electron chi connectivity index (χ2n) is 5.93. The molecule has 0 saturated carbocycles. The third-order valence-electron chi connectivity index (χ3n) is 4.01. The summed E-state index contributed by atoms with van der Waals surface area (Å²) in [7, 11) is 0. The van der Waals surface area contributed by atoms with Crippen LogP contribution in [-0.4, -0.2) is 22.3 Å². The number of nitro benzene ring substituents is 1. The summed E-state index contributed by atoms with van der Waals surface area (Å²) in [4.78, 5) is 24.9. The number of carbonyl (C=O) groups is 1. The van der Waals surface area contributed by atoms with E-state index in [-0.39, 0.29) is 37.0 Å². The van der Waals surface area contributed by atoms with Gasteiger partial charge >= 0.3 is 5.69 Å². The van der Waals surface area contributed by atoms with Crippen LogP contribution in [0.1, 0.15) is 11.3 Å². The molecule has 1 heterocycles. The number of rotatable bonds is 8. The molecule has 3 aromatic rings. The normalized spacial score (nSPS) is 10.5. The summed E-state index contributed by atoms with van der Waals surface area (Å²) in [5.74, 6) is 0.289. The number of nitro groups is 1. The van der Waals surface area contributed by atoms with Crippen molar-refractivity contribution in [3.63, 3.8) is 0 Å². The lowest BCUT2D eigenvalue weighted by molar-refractivity contribution is -0.385. The zero-order chi connectivity index (χ0) is 19.9. The van der Waals surface area contributed by atoms with Crippen molar-refractivity contribution < 1.29 is 18.9 Å². The van der Waals surface area contributed by atoms with E-state index in [4.69, 9.17) is 20.8 Å². The molecular weight excluding hydrogens is 384 g/mol. The second kappa shape index (κ2) is 9.05. The third kappa shape index (κ3) is 4.89. The van der Waals surface area contributed by atoms with Gasteiger partial charge in [-0.05, 0) is 29.8 Å². The minimum atomic E-state index is -0.551. The maximum atomic E-state index is 12.8. The SMILES string of the molecule is O=C(COc1ccccc1[N+](=O)[O-])N(Cc1ccco1)Cc1ccccc1Cl. The first-order chi connectivity index (χ1) is 13.5. The van der Waals surface area contributed by atoms with E-state index in [9.17, 15) is 14.9 Å². The predicted octanol–water partition coefficient (Wildman–Crippen LogP) is 4.45. The molecule has 0 saturated heterocycles. The number of hydrogen-bond acceptors (Lipinski definition) is 5. The van der Waals surface area contributed by atoms with Gasteiger partial charge in [0, 0.05) is 17.6 Å². The monoisotopic (exact) mass is 400 g/mol. The van der Waals surface area contributed by atoms with Gasteiger partial charge in [-0.1, -0.05) is 41.9 Å². The van der Waals surface area contributed by atoms with Crippen LogP contribution >= 0.6 is 11.6 Å². The van der Waals surface area contributed by atoms with Gasteiger partial charge < -0.3 is 14.1 Å². The molecule has 1 amide bonds. The van der Waals surface area contributed by atoms with E-state index >= 15 is 0 Å². The molecule has 0 N–H and O–H groups in total. The highest BCUT2D eigenvalue weighted by Gasteiger charge is 2.20. The molecule has 3 rings (SSSR count). The highest BCUT2D eigenvalue weighted by molar-refractivity contribution is 6.31. The average Bonchev–Trinajstić information content (AvgIpc) is 3.20. The number of hydrogen-bond donors (Lipinski definition) is 0. The number of ether oxygens (including phenoxy) is 1. The highest BCUT2D eigenvalue weighted by atomic mass is 35.5. The summed E-state index contributed by atoms with van der Waals surface area (Å²) < 4.78 is 10.8. The lowest BCUT2D eigenvalue weighted by atomic mass is 10.2. The molecule has 8 heteroatoms. The molecule has 144 valence electrons. The fourth-order valence-electron chi connectivity index (χ4n) is 2.62. The van der Waals surface area contributed by atoms with Crippen LogP contribution in [-0.2, 0) is 17.9 Å². The Morgan fingerprint density at radius 1 is 1.07 bits per heavy atom. The number of halogens is 1. The number of benzene rings is 2. The lowest BCUT2D eigenvalue weighted by Gasteiger charge is -2.22. The van der Waals surface area contributed by atoms with Gasteiger partial charge in [0.1, 0.15) is 5.76 Å². The number of nitrogens with zero attached hydrogens (tertiary/aromatic N) is 2. The maximum absolute atomic E-state index is 12.8. The Hall–Kier alpha value is -3.32. The summed E-state index contributed by atoms with van der Waals surface area (Å²) in [6.45, 7) is 0.118. The van der Waals surface area contributed by atoms with E-state index in [1.807, 2.05) is 18.2 Å². The maximum Gasteiger partial charge on any atom is 0.310 e. The summed E-state index contributed by atoms with van der Waals surface area (Å²) in [6.07, 6.45) is 1.53. The molecule has 2 aromatic carbocycles. The number of furan rings is 1. The zero-order valence-corrected chi connectivity index (χ0v) is 15.5. The molecule has 1 aromatic heterocycles. The van der Waals surface area contributed by atoms with E-state index in [0.29, 0.717) is 10.8 Å². The molecule has 7 nitrogen and oxygen atoms in total. The highest BCUT2D eigenvalue weighted by Crippen LogP contribution is 2.26. The van der Waals surface area contributed by atoms with Gasteiger partial charge in [0.15, 0.2) is 12.4 Å². The Bertz CT molecular complexity index is 959. The van der Waals surface area contributed by atoms with Crippen molar-refractivity contribution in [2.75, 3.05) is 6.61 Å². The van der Waals surface area contributed by atoms with Crippen molar-refractivity contribution in [1.29, 1.82) is 0 Å². The van der Waals surface area contributed by atoms with Gasteiger partial charge in [-0.25, -0.2) is 0 Å². The number of para-hydroxylation sites is 2. The third-order valence-corrected chi connectivity index (χ3v) is 4.38. The van der Waals surface area contributed by atoms with Crippen LogP contribution < -0.4 is 4.74 Å². The quantitative estimate of drug-likeness (QED) is 0.412. The van der Waals surface area contributed by atoms with Crippen molar-refractivity contribution >= 4 is 23.2 Å². The van der Waals surface area contributed by atoms with Crippen LogP contribution in [0.5, 0.6) is 5.75 Å². The van der Waals surface area contributed by atoms with Gasteiger partial charge in [-0.15, -0.1) is 0 Å². The Morgan fingerprint density at radius 2 is 1.82 bits per heavy atom. The van der Waals surface area contributed by atoms with Crippen molar-refractivity contribution in [3.05, 3.63) is 93.4 Å². The van der Waals surface area contributed by atoms with Gasteiger partial charge in [0.25, 0.3) is 5.91 Å². The van der Waals surface area contributed by atoms with Crippen LogP contribution in [0.4, 0.5) is 5.69 Å². The minimum absolute atomic E-state index is 0.0385. The fourth-order valence-corrected chi connectivity index (χ4v) is 2.81. The first kappa shape index (κ1) is 19.4. The van der Waals surface area contributed by atoms with Gasteiger partial charge in [-0.2, -0.15) is 0 Å². The number of amides is 1. The summed E-state index contributed by atoms with van der Waals surface area (Å²) >= 11 is 6.22. The van der Waals surface area contributed by atoms with Crippen LogP contribution in [0.15, 0.2) is 71.3 Å². The number of carbonyl (C=O) groups excluding carboxylic acids is 1. The summed E-state index contributed by atoms with van der Waals surface area (Å²) in [5, 5.41) is 11.6. The Kier molecular flexibility index (Phi) is 6.29. The lowest BCUT2D eigenvalue weighted by Crippen LogP contribution is -2.34. The Balaban J connectivity index is 1.75. The average molecular weight is 401 g/mol. The van der Waals surface area contributed by atoms with Gasteiger partial charge in [0.2, 0.25) is 0 Å². The molecule has 0 radical (unpaired) electrons.